The molecule has 96 valence electrons. The van der Waals surface area contributed by atoms with Crippen LogP contribution in [-0.2, 0) is 4.79 Å². The minimum absolute atomic E-state index is 0.234. The molecule has 2 aliphatic rings. The highest BCUT2D eigenvalue weighted by Crippen LogP contribution is 2.48. The second kappa shape index (κ2) is 4.73. The molecule has 1 aromatic rings. The summed E-state index contributed by atoms with van der Waals surface area (Å²) in [5.41, 5.74) is 1.41. The van der Waals surface area contributed by atoms with Gasteiger partial charge in [-0.05, 0) is 43.2 Å². The third-order valence-electron chi connectivity index (χ3n) is 4.27. The first-order valence-electron chi connectivity index (χ1n) is 6.77. The zero-order valence-corrected chi connectivity index (χ0v) is 10.5. The molecule has 1 aliphatic heterocycles. The molecule has 3 rings (SSSR count). The van der Waals surface area contributed by atoms with Crippen LogP contribution in [0.15, 0.2) is 30.3 Å². The molecular formula is C15H19NO2. The average molecular weight is 245 g/mol. The van der Waals surface area contributed by atoms with Gasteiger partial charge in [-0.3, -0.25) is 9.69 Å². The number of hydrogen-bond donors (Lipinski definition) is 1. The largest absolute Gasteiger partial charge is 0.480 e. The Morgan fingerprint density at radius 1 is 1.33 bits per heavy atom. The lowest BCUT2D eigenvalue weighted by molar-refractivity contribution is -0.142. The number of carboxylic acid groups (broad SMARTS) is 1. The molecule has 1 saturated carbocycles. The molecule has 0 aromatic heterocycles. The van der Waals surface area contributed by atoms with E-state index in [-0.39, 0.29) is 6.04 Å². The number of hydrogen-bond acceptors (Lipinski definition) is 2. The Morgan fingerprint density at radius 3 is 2.83 bits per heavy atom. The fourth-order valence-corrected chi connectivity index (χ4v) is 3.18. The topological polar surface area (TPSA) is 40.5 Å². The van der Waals surface area contributed by atoms with Gasteiger partial charge in [0.2, 0.25) is 0 Å². The molecule has 1 saturated heterocycles. The van der Waals surface area contributed by atoms with Crippen molar-refractivity contribution >= 4 is 5.97 Å². The summed E-state index contributed by atoms with van der Waals surface area (Å²) >= 11 is 0. The fraction of sp³-hybridized carbons (Fsp3) is 0.533. The number of benzene rings is 1. The van der Waals surface area contributed by atoms with Gasteiger partial charge in [0, 0.05) is 6.54 Å². The molecule has 3 heteroatoms. The Balaban J connectivity index is 1.58. The van der Waals surface area contributed by atoms with E-state index < -0.39 is 5.97 Å². The minimum Gasteiger partial charge on any atom is -0.480 e. The highest BCUT2D eigenvalue weighted by Gasteiger charge is 2.42. The van der Waals surface area contributed by atoms with Crippen molar-refractivity contribution in [3.05, 3.63) is 35.9 Å². The van der Waals surface area contributed by atoms with Gasteiger partial charge in [-0.1, -0.05) is 30.3 Å². The number of carbonyl (C=O) groups is 1. The molecule has 2 fully saturated rings. The average Bonchev–Trinajstić information content (AvgIpc) is 2.97. The summed E-state index contributed by atoms with van der Waals surface area (Å²) in [5, 5.41) is 9.16. The molecule has 0 radical (unpaired) electrons. The summed E-state index contributed by atoms with van der Waals surface area (Å²) in [5.74, 6) is 0.665. The molecule has 3 atom stereocenters. The van der Waals surface area contributed by atoms with E-state index in [9.17, 15) is 4.79 Å². The second-order valence-corrected chi connectivity index (χ2v) is 5.50. The standard InChI is InChI=1S/C15H19NO2/c17-15(18)14-7-4-8-16(14)10-12-9-13(12)11-5-2-1-3-6-11/h1-3,5-6,12-14H,4,7-10H2,(H,17,18). The Morgan fingerprint density at radius 2 is 2.11 bits per heavy atom. The molecule has 0 amide bonds. The molecule has 3 unspecified atom stereocenters. The summed E-state index contributed by atoms with van der Waals surface area (Å²) in [6, 6.07) is 10.3. The molecule has 1 N–H and O–H groups in total. The zero-order valence-electron chi connectivity index (χ0n) is 10.5. The lowest BCUT2D eigenvalue weighted by Gasteiger charge is -2.20. The van der Waals surface area contributed by atoms with Gasteiger partial charge >= 0.3 is 5.97 Å². The number of rotatable bonds is 4. The van der Waals surface area contributed by atoms with E-state index in [0.29, 0.717) is 11.8 Å². The van der Waals surface area contributed by atoms with Crippen LogP contribution < -0.4 is 0 Å². The highest BCUT2D eigenvalue weighted by molar-refractivity contribution is 5.73. The first kappa shape index (κ1) is 11.7. The second-order valence-electron chi connectivity index (χ2n) is 5.50. The normalized spacial score (nSPS) is 31.4. The van der Waals surface area contributed by atoms with E-state index in [1.807, 2.05) is 6.07 Å². The van der Waals surface area contributed by atoms with E-state index in [0.717, 1.165) is 25.9 Å². The number of nitrogens with zero attached hydrogens (tertiary/aromatic N) is 1. The third kappa shape index (κ3) is 2.27. The molecule has 1 heterocycles. The van der Waals surface area contributed by atoms with E-state index in [2.05, 4.69) is 29.2 Å². The van der Waals surface area contributed by atoms with E-state index in [1.165, 1.54) is 12.0 Å². The van der Waals surface area contributed by atoms with Crippen LogP contribution in [0.3, 0.4) is 0 Å². The number of carboxylic acids is 1. The lowest BCUT2D eigenvalue weighted by atomic mass is 10.1. The molecule has 3 nitrogen and oxygen atoms in total. The van der Waals surface area contributed by atoms with Crippen molar-refractivity contribution in [1.82, 2.24) is 4.90 Å². The first-order chi connectivity index (χ1) is 8.75. The smallest absolute Gasteiger partial charge is 0.320 e. The summed E-state index contributed by atoms with van der Waals surface area (Å²) in [7, 11) is 0. The third-order valence-corrected chi connectivity index (χ3v) is 4.27. The van der Waals surface area contributed by atoms with Crippen LogP contribution in [0.1, 0.15) is 30.7 Å². The van der Waals surface area contributed by atoms with Crippen molar-refractivity contribution in [3.8, 4) is 0 Å². The SMILES string of the molecule is O=C(O)C1CCCN1CC1CC1c1ccccc1. The maximum absolute atomic E-state index is 11.1. The van der Waals surface area contributed by atoms with E-state index in [4.69, 9.17) is 5.11 Å². The van der Waals surface area contributed by atoms with Gasteiger partial charge < -0.3 is 5.11 Å². The summed E-state index contributed by atoms with van der Waals surface area (Å²) in [6.45, 7) is 1.91. The van der Waals surface area contributed by atoms with Gasteiger partial charge in [-0.25, -0.2) is 0 Å². The van der Waals surface area contributed by atoms with Gasteiger partial charge in [0.25, 0.3) is 0 Å². The Labute approximate surface area is 107 Å². The molecule has 1 aliphatic carbocycles. The van der Waals surface area contributed by atoms with Gasteiger partial charge in [-0.15, -0.1) is 0 Å². The first-order valence-corrected chi connectivity index (χ1v) is 6.77. The van der Waals surface area contributed by atoms with E-state index >= 15 is 0 Å². The monoisotopic (exact) mass is 245 g/mol. The highest BCUT2D eigenvalue weighted by atomic mass is 16.4. The molecule has 18 heavy (non-hydrogen) atoms. The Bertz CT molecular complexity index is 431. The zero-order chi connectivity index (χ0) is 12.5. The fourth-order valence-electron chi connectivity index (χ4n) is 3.18. The Kier molecular flexibility index (Phi) is 3.08. The van der Waals surface area contributed by atoms with Crippen LogP contribution in [-0.4, -0.2) is 35.1 Å². The van der Waals surface area contributed by atoms with Crippen LogP contribution in [0.2, 0.25) is 0 Å². The minimum atomic E-state index is -0.649. The van der Waals surface area contributed by atoms with Crippen LogP contribution in [0.4, 0.5) is 0 Å². The van der Waals surface area contributed by atoms with Crippen molar-refractivity contribution in [2.24, 2.45) is 5.92 Å². The van der Waals surface area contributed by atoms with Crippen molar-refractivity contribution < 1.29 is 9.90 Å². The van der Waals surface area contributed by atoms with Crippen LogP contribution in [0.5, 0.6) is 0 Å². The van der Waals surface area contributed by atoms with Crippen molar-refractivity contribution in [2.75, 3.05) is 13.1 Å². The molecular weight excluding hydrogens is 226 g/mol. The number of likely N-dealkylation sites (tertiary alicyclic amines) is 1. The van der Waals surface area contributed by atoms with Gasteiger partial charge in [0.1, 0.15) is 6.04 Å². The van der Waals surface area contributed by atoms with Gasteiger partial charge in [0.05, 0.1) is 0 Å². The summed E-state index contributed by atoms with van der Waals surface area (Å²) < 4.78 is 0. The maximum atomic E-state index is 11.1. The summed E-state index contributed by atoms with van der Waals surface area (Å²) in [4.78, 5) is 13.3. The predicted octanol–water partition coefficient (Wildman–Crippen LogP) is 2.34. The lowest BCUT2D eigenvalue weighted by Crippen LogP contribution is -2.37. The Hall–Kier alpha value is -1.35. The van der Waals surface area contributed by atoms with Gasteiger partial charge in [0.15, 0.2) is 0 Å². The van der Waals surface area contributed by atoms with Crippen molar-refractivity contribution in [3.63, 3.8) is 0 Å². The maximum Gasteiger partial charge on any atom is 0.320 e. The molecule has 0 bridgehead atoms. The van der Waals surface area contributed by atoms with Crippen LogP contribution >= 0.6 is 0 Å². The predicted molar refractivity (Wildman–Crippen MR) is 69.5 cm³/mol. The van der Waals surface area contributed by atoms with Gasteiger partial charge in [-0.2, -0.15) is 0 Å². The van der Waals surface area contributed by atoms with Crippen LogP contribution in [0.25, 0.3) is 0 Å². The van der Waals surface area contributed by atoms with Crippen molar-refractivity contribution in [2.45, 2.75) is 31.2 Å². The summed E-state index contributed by atoms with van der Waals surface area (Å²) in [6.07, 6.45) is 3.06. The number of aliphatic carboxylic acids is 1. The quantitative estimate of drug-likeness (QED) is 0.885. The molecule has 0 spiro atoms. The molecule has 1 aromatic carbocycles. The van der Waals surface area contributed by atoms with E-state index in [1.54, 1.807) is 0 Å². The van der Waals surface area contributed by atoms with Crippen molar-refractivity contribution in [1.29, 1.82) is 0 Å². The van der Waals surface area contributed by atoms with Crippen LogP contribution in [0, 0.1) is 5.92 Å².